The van der Waals surface area contributed by atoms with E-state index in [1.165, 1.54) is 12.1 Å². The van der Waals surface area contributed by atoms with Gasteiger partial charge in [0.25, 0.3) is 5.69 Å². The molecule has 0 aliphatic rings. The second kappa shape index (κ2) is 5.38. The minimum absolute atomic E-state index is 0.0383. The lowest BCUT2D eigenvalue weighted by Crippen LogP contribution is -1.94. The molecule has 3 aromatic rings. The fraction of sp³-hybridized carbons (Fsp3) is 0. The normalized spacial score (nSPS) is 10.5. The number of benzene rings is 2. The Morgan fingerprint density at radius 1 is 1.14 bits per heavy atom. The number of aromatic nitrogens is 1. The summed E-state index contributed by atoms with van der Waals surface area (Å²) in [5.41, 5.74) is 2.27. The van der Waals surface area contributed by atoms with Crippen molar-refractivity contribution < 1.29 is 4.92 Å². The minimum atomic E-state index is -0.424. The van der Waals surface area contributed by atoms with Crippen molar-refractivity contribution in [3.8, 4) is 0 Å². The first-order chi connectivity index (χ1) is 10.1. The average Bonchev–Trinajstić information content (AvgIpc) is 2.48. The van der Waals surface area contributed by atoms with Gasteiger partial charge in [-0.15, -0.1) is 0 Å². The standard InChI is InChI=1S/C15H10ClN3O2/c16-10-4-5-14-13(8-10)15(6-7-17-14)18-11-2-1-3-12(9-11)19(20)21/h1-9H,(H,17,18). The smallest absolute Gasteiger partial charge is 0.271 e. The number of hydrogen-bond acceptors (Lipinski definition) is 4. The molecule has 0 bridgehead atoms. The quantitative estimate of drug-likeness (QED) is 0.569. The van der Waals surface area contributed by atoms with Crippen LogP contribution in [0, 0.1) is 10.1 Å². The van der Waals surface area contributed by atoms with Crippen molar-refractivity contribution in [3.63, 3.8) is 0 Å². The third-order valence-corrected chi connectivity index (χ3v) is 3.27. The van der Waals surface area contributed by atoms with Gasteiger partial charge in [0.1, 0.15) is 0 Å². The van der Waals surface area contributed by atoms with E-state index in [0.717, 1.165) is 16.6 Å². The number of nitro benzene ring substituents is 1. The molecule has 1 aromatic heterocycles. The molecule has 0 fully saturated rings. The zero-order valence-corrected chi connectivity index (χ0v) is 11.5. The van der Waals surface area contributed by atoms with E-state index in [4.69, 9.17) is 11.6 Å². The Morgan fingerprint density at radius 2 is 2.00 bits per heavy atom. The van der Waals surface area contributed by atoms with Gasteiger partial charge < -0.3 is 5.32 Å². The lowest BCUT2D eigenvalue weighted by Gasteiger charge is -2.09. The Labute approximate surface area is 125 Å². The van der Waals surface area contributed by atoms with Crippen molar-refractivity contribution in [2.24, 2.45) is 0 Å². The van der Waals surface area contributed by atoms with Gasteiger partial charge in [0.2, 0.25) is 0 Å². The number of halogens is 1. The molecule has 0 saturated heterocycles. The Bertz CT molecular complexity index is 836. The van der Waals surface area contributed by atoms with Crippen LogP contribution in [0.3, 0.4) is 0 Å². The van der Waals surface area contributed by atoms with Gasteiger partial charge >= 0.3 is 0 Å². The van der Waals surface area contributed by atoms with Crippen LogP contribution in [0.15, 0.2) is 54.7 Å². The molecule has 0 radical (unpaired) electrons. The molecule has 1 N–H and O–H groups in total. The van der Waals surface area contributed by atoms with Crippen LogP contribution in [0.5, 0.6) is 0 Å². The second-order valence-corrected chi connectivity index (χ2v) is 4.89. The van der Waals surface area contributed by atoms with Crippen LogP contribution >= 0.6 is 11.6 Å². The highest BCUT2D eigenvalue weighted by Crippen LogP contribution is 2.28. The molecule has 0 aliphatic heterocycles. The van der Waals surface area contributed by atoms with Crippen LogP contribution in [0.25, 0.3) is 10.9 Å². The molecule has 2 aromatic carbocycles. The van der Waals surface area contributed by atoms with Gasteiger partial charge in [-0.1, -0.05) is 17.7 Å². The fourth-order valence-electron chi connectivity index (χ4n) is 2.08. The first kappa shape index (κ1) is 13.3. The molecule has 104 valence electrons. The maximum Gasteiger partial charge on any atom is 0.271 e. The third-order valence-electron chi connectivity index (χ3n) is 3.04. The van der Waals surface area contributed by atoms with Crippen LogP contribution in [0.2, 0.25) is 5.02 Å². The van der Waals surface area contributed by atoms with Gasteiger partial charge in [-0.2, -0.15) is 0 Å². The van der Waals surface area contributed by atoms with Gasteiger partial charge in [-0.25, -0.2) is 0 Å². The van der Waals surface area contributed by atoms with Crippen molar-refractivity contribution in [3.05, 3.63) is 69.9 Å². The summed E-state index contributed by atoms with van der Waals surface area (Å²) in [6.07, 6.45) is 1.68. The predicted molar refractivity (Wildman–Crippen MR) is 83.1 cm³/mol. The summed E-state index contributed by atoms with van der Waals surface area (Å²) in [6, 6.07) is 13.6. The van der Waals surface area contributed by atoms with Gasteiger partial charge in [0.05, 0.1) is 10.4 Å². The van der Waals surface area contributed by atoms with Gasteiger partial charge in [0.15, 0.2) is 0 Å². The van der Waals surface area contributed by atoms with Crippen molar-refractivity contribution in [1.29, 1.82) is 0 Å². The average molecular weight is 300 g/mol. The number of anilines is 2. The molecule has 0 aliphatic carbocycles. The molecular weight excluding hydrogens is 290 g/mol. The van der Waals surface area contributed by atoms with Crippen molar-refractivity contribution in [2.75, 3.05) is 5.32 Å². The molecule has 1 heterocycles. The van der Waals surface area contributed by atoms with E-state index in [1.807, 2.05) is 12.1 Å². The Morgan fingerprint density at radius 3 is 2.81 bits per heavy atom. The SMILES string of the molecule is O=[N+]([O-])c1cccc(Nc2ccnc3ccc(Cl)cc23)c1. The van der Waals surface area contributed by atoms with Crippen LogP contribution in [-0.4, -0.2) is 9.91 Å². The summed E-state index contributed by atoms with van der Waals surface area (Å²) in [7, 11) is 0. The van der Waals surface area contributed by atoms with Crippen LogP contribution < -0.4 is 5.32 Å². The largest absolute Gasteiger partial charge is 0.355 e. The number of nitro groups is 1. The van der Waals surface area contributed by atoms with Gasteiger partial charge in [-0.05, 0) is 30.3 Å². The predicted octanol–water partition coefficient (Wildman–Crippen LogP) is 4.54. The topological polar surface area (TPSA) is 68.1 Å². The molecule has 0 amide bonds. The van der Waals surface area contributed by atoms with Crippen molar-refractivity contribution >= 4 is 39.6 Å². The summed E-state index contributed by atoms with van der Waals surface area (Å²) in [4.78, 5) is 14.7. The second-order valence-electron chi connectivity index (χ2n) is 4.45. The highest BCUT2D eigenvalue weighted by molar-refractivity contribution is 6.31. The highest BCUT2D eigenvalue weighted by atomic mass is 35.5. The third kappa shape index (κ3) is 2.78. The highest BCUT2D eigenvalue weighted by Gasteiger charge is 2.07. The molecule has 5 nitrogen and oxygen atoms in total. The monoisotopic (exact) mass is 299 g/mol. The summed E-state index contributed by atoms with van der Waals surface area (Å²) in [5.74, 6) is 0. The van der Waals surface area contributed by atoms with E-state index >= 15 is 0 Å². The fourth-order valence-corrected chi connectivity index (χ4v) is 2.25. The zero-order valence-electron chi connectivity index (χ0n) is 10.8. The first-order valence-electron chi connectivity index (χ1n) is 6.19. The summed E-state index contributed by atoms with van der Waals surface area (Å²) in [6.45, 7) is 0. The number of pyridine rings is 1. The first-order valence-corrected chi connectivity index (χ1v) is 6.57. The number of non-ortho nitro benzene ring substituents is 1. The summed E-state index contributed by atoms with van der Waals surface area (Å²) >= 11 is 6.02. The Balaban J connectivity index is 2.04. The zero-order chi connectivity index (χ0) is 14.8. The van der Waals surface area contributed by atoms with Gasteiger partial charge in [-0.3, -0.25) is 15.1 Å². The van der Waals surface area contributed by atoms with Crippen molar-refractivity contribution in [2.45, 2.75) is 0 Å². The van der Waals surface area contributed by atoms with Crippen molar-refractivity contribution in [1.82, 2.24) is 4.98 Å². The van der Waals surface area contributed by atoms with E-state index < -0.39 is 4.92 Å². The van der Waals surface area contributed by atoms with Crippen LogP contribution in [-0.2, 0) is 0 Å². The minimum Gasteiger partial charge on any atom is -0.355 e. The maximum absolute atomic E-state index is 10.8. The van der Waals surface area contributed by atoms with E-state index in [0.29, 0.717) is 10.7 Å². The molecule has 21 heavy (non-hydrogen) atoms. The number of hydrogen-bond donors (Lipinski definition) is 1. The molecule has 0 spiro atoms. The number of nitrogens with one attached hydrogen (secondary N) is 1. The van der Waals surface area contributed by atoms with Crippen LogP contribution in [0.1, 0.15) is 0 Å². The van der Waals surface area contributed by atoms with E-state index in [9.17, 15) is 10.1 Å². The molecule has 0 atom stereocenters. The van der Waals surface area contributed by atoms with E-state index in [2.05, 4.69) is 10.3 Å². The number of nitrogens with zero attached hydrogens (tertiary/aromatic N) is 2. The maximum atomic E-state index is 10.8. The molecule has 3 rings (SSSR count). The Hall–Kier alpha value is -2.66. The van der Waals surface area contributed by atoms with Gasteiger partial charge in [0, 0.05) is 40.1 Å². The lowest BCUT2D eigenvalue weighted by molar-refractivity contribution is -0.384. The van der Waals surface area contributed by atoms with E-state index in [-0.39, 0.29) is 5.69 Å². The molecule has 6 heteroatoms. The molecule has 0 saturated carbocycles. The molecular formula is C15H10ClN3O2. The number of fused-ring (bicyclic) bond motifs is 1. The summed E-state index contributed by atoms with van der Waals surface area (Å²) < 4.78 is 0. The number of rotatable bonds is 3. The van der Waals surface area contributed by atoms with Crippen LogP contribution in [0.4, 0.5) is 17.1 Å². The Kier molecular flexibility index (Phi) is 3.41. The summed E-state index contributed by atoms with van der Waals surface area (Å²) in [5, 5.41) is 15.4. The molecule has 0 unspecified atom stereocenters. The van der Waals surface area contributed by atoms with E-state index in [1.54, 1.807) is 30.5 Å². The lowest BCUT2D eigenvalue weighted by atomic mass is 10.2.